The fourth-order valence-corrected chi connectivity index (χ4v) is 6.25. The number of benzene rings is 2. The molecule has 6 heteroatoms. The summed E-state index contributed by atoms with van der Waals surface area (Å²) in [6, 6.07) is 9.14. The Hall–Kier alpha value is -0.585. The summed E-state index contributed by atoms with van der Waals surface area (Å²) in [5, 5.41) is 0. The minimum atomic E-state index is -1.25. The number of anilines is 1. The quantitative estimate of drug-likeness (QED) is 0.280. The SMILES string of the molecule is Cc1cc(C)c(N2CCC[N+](c3c(C)cc(C)cc3C)=C2[B-](Br)(Br)Br)c(C)c1. The summed E-state index contributed by atoms with van der Waals surface area (Å²) >= 11 is 11.8. The van der Waals surface area contributed by atoms with E-state index in [-0.39, 0.29) is 0 Å². The van der Waals surface area contributed by atoms with E-state index in [2.05, 4.69) is 123 Å². The van der Waals surface area contributed by atoms with Crippen molar-refractivity contribution in [2.75, 3.05) is 18.0 Å². The summed E-state index contributed by atoms with van der Waals surface area (Å²) < 4.78 is 1.24. The van der Waals surface area contributed by atoms with Gasteiger partial charge in [-0.05, 0) is 63.8 Å². The fourth-order valence-electron chi connectivity index (χ4n) is 4.76. The van der Waals surface area contributed by atoms with Crippen molar-refractivity contribution in [1.82, 2.24) is 0 Å². The summed E-state index contributed by atoms with van der Waals surface area (Å²) in [5.41, 5.74) is 11.8. The normalized spacial score (nSPS) is 15.4. The first-order chi connectivity index (χ1) is 13.0. The largest absolute Gasteiger partial charge is 0.311 e. The van der Waals surface area contributed by atoms with Crippen LogP contribution in [0.1, 0.15) is 39.8 Å². The first-order valence-corrected chi connectivity index (χ1v) is 12.5. The molecule has 0 bridgehead atoms. The molecule has 0 saturated carbocycles. The third-order valence-electron chi connectivity index (χ3n) is 5.42. The lowest BCUT2D eigenvalue weighted by molar-refractivity contribution is -0.444. The maximum Gasteiger partial charge on any atom is 0.302 e. The van der Waals surface area contributed by atoms with Crippen molar-refractivity contribution in [3.05, 3.63) is 57.6 Å². The standard InChI is InChI=1S/C22H28BBr3N2/c1-14-10-16(3)20(17(4)11-14)27-8-7-9-28(22(27)23(24,25)26)21-18(5)12-15(2)13-19(21)6/h10-13H,7-9H2,1-6H3. The molecule has 0 atom stereocenters. The highest BCUT2D eigenvalue weighted by Gasteiger charge is 2.39. The minimum Gasteiger partial charge on any atom is -0.311 e. The Morgan fingerprint density at radius 2 is 1.25 bits per heavy atom. The summed E-state index contributed by atoms with van der Waals surface area (Å²) in [5.74, 6) is 0. The molecule has 0 spiro atoms. The molecule has 2 aromatic carbocycles. The molecule has 0 aliphatic carbocycles. The highest BCUT2D eigenvalue weighted by Crippen LogP contribution is 2.39. The first kappa shape index (κ1) is 22.1. The van der Waals surface area contributed by atoms with Gasteiger partial charge < -0.3 is 47.3 Å². The van der Waals surface area contributed by atoms with E-state index in [9.17, 15) is 0 Å². The molecule has 0 saturated heterocycles. The van der Waals surface area contributed by atoms with Gasteiger partial charge >= 0.3 is 2.62 Å². The van der Waals surface area contributed by atoms with Gasteiger partial charge in [0.05, 0.1) is 13.1 Å². The molecule has 150 valence electrons. The van der Waals surface area contributed by atoms with E-state index < -0.39 is 2.62 Å². The Bertz CT molecular complexity index is 915. The van der Waals surface area contributed by atoms with E-state index in [1.54, 1.807) is 0 Å². The van der Waals surface area contributed by atoms with Gasteiger partial charge in [0.2, 0.25) is 0 Å². The van der Waals surface area contributed by atoms with Crippen LogP contribution in [0.5, 0.6) is 0 Å². The molecule has 2 aromatic rings. The smallest absolute Gasteiger partial charge is 0.302 e. The van der Waals surface area contributed by atoms with E-state index in [1.807, 2.05) is 0 Å². The Balaban J connectivity index is 2.32. The van der Waals surface area contributed by atoms with Crippen molar-refractivity contribution in [3.63, 3.8) is 0 Å². The van der Waals surface area contributed by atoms with Gasteiger partial charge in [-0.1, -0.05) is 35.4 Å². The second kappa shape index (κ2) is 8.27. The van der Waals surface area contributed by atoms with Crippen LogP contribution in [0.25, 0.3) is 0 Å². The lowest BCUT2D eigenvalue weighted by atomic mass is 9.96. The minimum absolute atomic E-state index is 1.01. The molecule has 0 N–H and O–H groups in total. The van der Waals surface area contributed by atoms with Gasteiger partial charge in [-0.25, -0.2) is 0 Å². The first-order valence-electron chi connectivity index (χ1n) is 9.78. The van der Waals surface area contributed by atoms with E-state index in [0.717, 1.165) is 19.5 Å². The van der Waals surface area contributed by atoms with Gasteiger partial charge in [0, 0.05) is 6.42 Å². The summed E-state index contributed by atoms with van der Waals surface area (Å²) in [7, 11) is 0. The molecular weight excluding hydrogens is 543 g/mol. The van der Waals surface area contributed by atoms with Crippen molar-refractivity contribution in [1.29, 1.82) is 0 Å². The number of aryl methyl sites for hydroxylation is 6. The Morgan fingerprint density at radius 1 is 0.786 bits per heavy atom. The van der Waals surface area contributed by atoms with Crippen LogP contribution in [-0.2, 0) is 0 Å². The third kappa shape index (κ3) is 4.29. The van der Waals surface area contributed by atoms with Crippen LogP contribution in [0.15, 0.2) is 24.3 Å². The van der Waals surface area contributed by atoms with Gasteiger partial charge in [-0.3, -0.25) is 9.48 Å². The number of rotatable bonds is 3. The fraction of sp³-hybridized carbons (Fsp3) is 0.409. The lowest BCUT2D eigenvalue weighted by Crippen LogP contribution is -2.52. The van der Waals surface area contributed by atoms with Crippen molar-refractivity contribution in [3.8, 4) is 0 Å². The van der Waals surface area contributed by atoms with Crippen LogP contribution in [-0.4, -0.2) is 26.0 Å². The molecule has 0 unspecified atom stereocenters. The maximum atomic E-state index is 3.92. The average Bonchev–Trinajstić information content (AvgIpc) is 2.51. The molecule has 3 rings (SSSR count). The molecule has 2 nitrogen and oxygen atoms in total. The Morgan fingerprint density at radius 3 is 1.71 bits per heavy atom. The predicted octanol–water partition coefficient (Wildman–Crippen LogP) is 7.15. The van der Waals surface area contributed by atoms with Crippen LogP contribution >= 0.6 is 47.3 Å². The van der Waals surface area contributed by atoms with Gasteiger partial charge in [-0.15, -0.1) is 0 Å². The van der Waals surface area contributed by atoms with Crippen molar-refractivity contribution >= 4 is 67.0 Å². The second-order valence-corrected chi connectivity index (χ2v) is 15.9. The van der Waals surface area contributed by atoms with Crippen molar-refractivity contribution < 1.29 is 4.58 Å². The number of amidine groups is 1. The van der Waals surface area contributed by atoms with Crippen molar-refractivity contribution in [2.45, 2.75) is 48.0 Å². The number of hydrogen-bond donors (Lipinski definition) is 0. The van der Waals surface area contributed by atoms with Gasteiger partial charge in [-0.2, -0.15) is 0 Å². The van der Waals surface area contributed by atoms with E-state index >= 15 is 0 Å². The molecule has 1 aliphatic heterocycles. The van der Waals surface area contributed by atoms with Crippen molar-refractivity contribution in [2.24, 2.45) is 0 Å². The van der Waals surface area contributed by atoms with Crippen LogP contribution in [0.3, 0.4) is 0 Å². The highest BCUT2D eigenvalue weighted by molar-refractivity contribution is 9.73. The zero-order valence-corrected chi connectivity index (χ0v) is 22.3. The molecule has 1 heterocycles. The third-order valence-corrected chi connectivity index (χ3v) is 6.65. The summed E-state index contributed by atoms with van der Waals surface area (Å²) in [6.45, 7) is 15.2. The predicted molar refractivity (Wildman–Crippen MR) is 136 cm³/mol. The monoisotopic (exact) mass is 568 g/mol. The Labute approximate surface area is 194 Å². The molecule has 28 heavy (non-hydrogen) atoms. The summed E-state index contributed by atoms with van der Waals surface area (Å²) in [4.78, 5) is 2.49. The van der Waals surface area contributed by atoms with E-state index in [0.29, 0.717) is 0 Å². The average molecular weight is 571 g/mol. The van der Waals surface area contributed by atoms with E-state index in [1.165, 1.54) is 50.5 Å². The molecule has 0 radical (unpaired) electrons. The van der Waals surface area contributed by atoms with Gasteiger partial charge in [0.1, 0.15) is 17.1 Å². The van der Waals surface area contributed by atoms with Crippen LogP contribution in [0.4, 0.5) is 11.4 Å². The highest BCUT2D eigenvalue weighted by atomic mass is 79.9. The van der Waals surface area contributed by atoms with Crippen LogP contribution in [0, 0.1) is 41.5 Å². The molecule has 0 fully saturated rings. The van der Waals surface area contributed by atoms with Gasteiger partial charge in [0.15, 0.2) is 0 Å². The lowest BCUT2D eigenvalue weighted by Gasteiger charge is -2.38. The zero-order chi connectivity index (χ0) is 20.8. The van der Waals surface area contributed by atoms with Crippen LogP contribution < -0.4 is 4.90 Å². The van der Waals surface area contributed by atoms with Crippen LogP contribution in [0.2, 0.25) is 0 Å². The number of nitrogens with zero attached hydrogens (tertiary/aromatic N) is 2. The maximum absolute atomic E-state index is 3.92. The number of hydrogen-bond acceptors (Lipinski definition) is 1. The van der Waals surface area contributed by atoms with Gasteiger partial charge in [0.25, 0.3) is 0 Å². The zero-order valence-electron chi connectivity index (χ0n) is 17.5. The second-order valence-electron chi connectivity index (χ2n) is 8.08. The summed E-state index contributed by atoms with van der Waals surface area (Å²) in [6.07, 6.45) is 1.11. The topological polar surface area (TPSA) is 6.25 Å². The Kier molecular flexibility index (Phi) is 6.53. The number of halogens is 3. The molecule has 0 aromatic heterocycles. The molecular formula is C22H28BBr3N2. The molecule has 0 amide bonds. The molecule has 1 aliphatic rings. The van der Waals surface area contributed by atoms with E-state index in [4.69, 9.17) is 0 Å².